The maximum atomic E-state index is 12.6. The number of halogens is 3. The minimum atomic E-state index is -1.15. The first kappa shape index (κ1) is 9.30. The third kappa shape index (κ3) is 1.68. The van der Waals surface area contributed by atoms with Gasteiger partial charge in [0.05, 0.1) is 8.49 Å². The van der Waals surface area contributed by atoms with Crippen LogP contribution in [0.2, 0.25) is 0 Å². The van der Waals surface area contributed by atoms with Gasteiger partial charge in [0.1, 0.15) is 5.82 Å². The molecule has 12 heavy (non-hydrogen) atoms. The van der Waals surface area contributed by atoms with Gasteiger partial charge in [0.25, 0.3) is 0 Å². The molecule has 64 valence electrons. The van der Waals surface area contributed by atoms with E-state index in [9.17, 15) is 18.9 Å². The molecule has 1 rings (SSSR count). The molecule has 0 aromatic heterocycles. The van der Waals surface area contributed by atoms with Gasteiger partial charge in [-0.15, -0.1) is 0 Å². The van der Waals surface area contributed by atoms with E-state index in [1.54, 1.807) is 22.6 Å². The summed E-state index contributed by atoms with van der Waals surface area (Å²) in [4.78, 5) is 9.23. The smallest absolute Gasteiger partial charge is 0.258 e. The molecule has 3 nitrogen and oxygen atoms in total. The third-order valence-corrected chi connectivity index (χ3v) is 2.01. The van der Waals surface area contributed by atoms with Crippen LogP contribution in [0.15, 0.2) is 12.1 Å². The van der Waals surface area contributed by atoms with Gasteiger partial charge in [-0.25, -0.2) is 4.39 Å². The van der Waals surface area contributed by atoms with Crippen LogP contribution in [0.3, 0.4) is 0 Å². The molecule has 0 aliphatic heterocycles. The van der Waals surface area contributed by atoms with Crippen molar-refractivity contribution in [3.05, 3.63) is 37.5 Å². The summed E-state index contributed by atoms with van der Waals surface area (Å²) in [5.41, 5.74) is -0.708. The Labute approximate surface area is 79.7 Å². The number of nitro groups is 1. The normalized spacial score (nSPS) is 9.92. The molecule has 0 radical (unpaired) electrons. The maximum absolute atomic E-state index is 12.6. The van der Waals surface area contributed by atoms with Crippen LogP contribution >= 0.6 is 22.6 Å². The van der Waals surface area contributed by atoms with Crippen LogP contribution in [0.5, 0.6) is 0 Å². The number of benzene rings is 1. The van der Waals surface area contributed by atoms with Gasteiger partial charge in [-0.3, -0.25) is 10.1 Å². The average molecular weight is 285 g/mol. The summed E-state index contributed by atoms with van der Waals surface area (Å²) in [6.45, 7) is 0. The fraction of sp³-hybridized carbons (Fsp3) is 0. The molecule has 0 amide bonds. The predicted octanol–water partition coefficient (Wildman–Crippen LogP) is 2.48. The lowest BCUT2D eigenvalue weighted by Gasteiger charge is -1.95. The molecule has 0 bridgehead atoms. The van der Waals surface area contributed by atoms with E-state index in [0.29, 0.717) is 6.07 Å². The standard InChI is InChI=1S/C6H2F2INO2/c7-3-1-4(8)6(10(11)12)2-5(3)9/h1-2H. The van der Waals surface area contributed by atoms with E-state index >= 15 is 0 Å². The fourth-order valence-electron chi connectivity index (χ4n) is 0.652. The first-order chi connectivity index (χ1) is 5.52. The highest BCUT2D eigenvalue weighted by Crippen LogP contribution is 2.22. The molecule has 0 aliphatic carbocycles. The van der Waals surface area contributed by atoms with Gasteiger partial charge in [0.2, 0.25) is 5.82 Å². The molecule has 0 saturated carbocycles. The minimum Gasteiger partial charge on any atom is -0.258 e. The molecule has 0 aliphatic rings. The van der Waals surface area contributed by atoms with Crippen LogP contribution in [0.25, 0.3) is 0 Å². The molecule has 6 heteroatoms. The zero-order chi connectivity index (χ0) is 9.30. The van der Waals surface area contributed by atoms with Gasteiger partial charge < -0.3 is 0 Å². The topological polar surface area (TPSA) is 43.1 Å². The van der Waals surface area contributed by atoms with E-state index in [1.165, 1.54) is 0 Å². The monoisotopic (exact) mass is 285 g/mol. The van der Waals surface area contributed by atoms with Crippen molar-refractivity contribution in [2.75, 3.05) is 0 Å². The Kier molecular flexibility index (Phi) is 2.55. The van der Waals surface area contributed by atoms with E-state index in [1.807, 2.05) is 0 Å². The summed E-state index contributed by atoms with van der Waals surface area (Å²) in [5, 5.41) is 10.1. The third-order valence-electron chi connectivity index (χ3n) is 1.19. The molecule has 0 heterocycles. The molecule has 0 fully saturated rings. The van der Waals surface area contributed by atoms with Crippen molar-refractivity contribution in [2.24, 2.45) is 0 Å². The van der Waals surface area contributed by atoms with Crippen LogP contribution in [-0.2, 0) is 0 Å². The summed E-state index contributed by atoms with van der Waals surface area (Å²) < 4.78 is 25.2. The fourth-order valence-corrected chi connectivity index (χ4v) is 1.10. The molecule has 0 atom stereocenters. The van der Waals surface area contributed by atoms with E-state index in [4.69, 9.17) is 0 Å². The van der Waals surface area contributed by atoms with Crippen molar-refractivity contribution in [2.45, 2.75) is 0 Å². The van der Waals surface area contributed by atoms with E-state index < -0.39 is 22.2 Å². The van der Waals surface area contributed by atoms with Crippen LogP contribution in [0, 0.1) is 25.3 Å². The van der Waals surface area contributed by atoms with Crippen LogP contribution in [0.1, 0.15) is 0 Å². The predicted molar refractivity (Wildman–Crippen MR) is 45.7 cm³/mol. The van der Waals surface area contributed by atoms with Crippen molar-refractivity contribution in [1.29, 1.82) is 0 Å². The zero-order valence-electron chi connectivity index (χ0n) is 5.55. The van der Waals surface area contributed by atoms with Gasteiger partial charge >= 0.3 is 5.69 Å². The van der Waals surface area contributed by atoms with E-state index in [2.05, 4.69) is 0 Å². The lowest BCUT2D eigenvalue weighted by atomic mass is 10.3. The Balaban J connectivity index is 3.33. The molecule has 0 unspecified atom stereocenters. The minimum absolute atomic E-state index is 0.0284. The Hall–Kier alpha value is -0.790. The van der Waals surface area contributed by atoms with Crippen molar-refractivity contribution in [3.63, 3.8) is 0 Å². The highest BCUT2D eigenvalue weighted by molar-refractivity contribution is 14.1. The highest BCUT2D eigenvalue weighted by atomic mass is 127. The highest BCUT2D eigenvalue weighted by Gasteiger charge is 2.16. The Bertz CT molecular complexity index is 343. The summed E-state index contributed by atoms with van der Waals surface area (Å²) in [5.74, 6) is -1.95. The molecule has 0 saturated heterocycles. The SMILES string of the molecule is O=[N+]([O-])c1cc(I)c(F)cc1F. The second kappa shape index (κ2) is 3.30. The largest absolute Gasteiger partial charge is 0.306 e. The van der Waals surface area contributed by atoms with Crippen LogP contribution < -0.4 is 0 Å². The Morgan fingerprint density at radius 3 is 2.42 bits per heavy atom. The molecule has 0 spiro atoms. The number of hydrogen-bond acceptors (Lipinski definition) is 2. The van der Waals surface area contributed by atoms with Crippen molar-refractivity contribution >= 4 is 28.3 Å². The molecule has 0 N–H and O–H groups in total. The Morgan fingerprint density at radius 1 is 1.33 bits per heavy atom. The summed E-state index contributed by atoms with van der Waals surface area (Å²) in [7, 11) is 0. The first-order valence-corrected chi connectivity index (χ1v) is 3.89. The van der Waals surface area contributed by atoms with Gasteiger partial charge in [-0.05, 0) is 22.6 Å². The lowest BCUT2D eigenvalue weighted by molar-refractivity contribution is -0.387. The summed E-state index contributed by atoms with van der Waals surface area (Å²) >= 11 is 1.55. The van der Waals surface area contributed by atoms with E-state index in [-0.39, 0.29) is 3.57 Å². The van der Waals surface area contributed by atoms with Gasteiger partial charge in [-0.1, -0.05) is 0 Å². The first-order valence-electron chi connectivity index (χ1n) is 2.81. The second-order valence-corrected chi connectivity index (χ2v) is 3.14. The molecular weight excluding hydrogens is 283 g/mol. The quantitative estimate of drug-likeness (QED) is 0.344. The van der Waals surface area contributed by atoms with Gasteiger partial charge in [0.15, 0.2) is 0 Å². The maximum Gasteiger partial charge on any atom is 0.306 e. The number of rotatable bonds is 1. The van der Waals surface area contributed by atoms with Crippen molar-refractivity contribution < 1.29 is 13.7 Å². The number of nitro benzene ring substituents is 1. The van der Waals surface area contributed by atoms with E-state index in [0.717, 1.165) is 6.07 Å². The van der Waals surface area contributed by atoms with Crippen LogP contribution in [0.4, 0.5) is 14.5 Å². The summed E-state index contributed by atoms with van der Waals surface area (Å²) in [6, 6.07) is 1.35. The second-order valence-electron chi connectivity index (χ2n) is 1.97. The molecular formula is C6H2F2INO2. The summed E-state index contributed by atoms with van der Waals surface area (Å²) in [6.07, 6.45) is 0. The van der Waals surface area contributed by atoms with Gasteiger partial charge in [0, 0.05) is 12.1 Å². The number of hydrogen-bond donors (Lipinski definition) is 0. The zero-order valence-corrected chi connectivity index (χ0v) is 7.71. The molecule has 1 aromatic rings. The molecule has 1 aromatic carbocycles. The Morgan fingerprint density at radius 2 is 1.92 bits per heavy atom. The lowest BCUT2D eigenvalue weighted by Crippen LogP contribution is -1.95. The van der Waals surface area contributed by atoms with Gasteiger partial charge in [-0.2, -0.15) is 4.39 Å². The van der Waals surface area contributed by atoms with Crippen molar-refractivity contribution in [3.8, 4) is 0 Å². The van der Waals surface area contributed by atoms with Crippen molar-refractivity contribution in [1.82, 2.24) is 0 Å². The average Bonchev–Trinajstić information content (AvgIpc) is 1.96. The van der Waals surface area contributed by atoms with Crippen LogP contribution in [-0.4, -0.2) is 4.92 Å². The number of nitrogens with zero attached hydrogens (tertiary/aromatic N) is 1.